The van der Waals surface area contributed by atoms with Gasteiger partial charge in [-0.1, -0.05) is 43.2 Å². The quantitative estimate of drug-likeness (QED) is 0.621. The summed E-state index contributed by atoms with van der Waals surface area (Å²) in [6, 6.07) is 19.7. The fraction of sp³-hybridized carbons (Fsp3) is 0.304. The number of aryl methyl sites for hydroxylation is 1. The third kappa shape index (κ3) is 4.60. The average Bonchev–Trinajstić information content (AvgIpc) is 2.99. The van der Waals surface area contributed by atoms with Gasteiger partial charge in [-0.3, -0.25) is 0 Å². The fourth-order valence-electron chi connectivity index (χ4n) is 3.44. The van der Waals surface area contributed by atoms with Crippen LogP contribution in [0.1, 0.15) is 31.4 Å². The molecule has 0 amide bonds. The van der Waals surface area contributed by atoms with E-state index in [0.29, 0.717) is 0 Å². The number of hydrogen-bond donors (Lipinski definition) is 1. The van der Waals surface area contributed by atoms with Gasteiger partial charge in [-0.25, -0.2) is 4.98 Å². The first-order chi connectivity index (χ1) is 13.8. The zero-order valence-electron chi connectivity index (χ0n) is 16.3. The van der Waals surface area contributed by atoms with Gasteiger partial charge in [-0.05, 0) is 44.0 Å². The molecule has 1 fully saturated rings. The van der Waals surface area contributed by atoms with Gasteiger partial charge in [0, 0.05) is 24.8 Å². The molecule has 0 radical (unpaired) electrons. The summed E-state index contributed by atoms with van der Waals surface area (Å²) in [5, 5.41) is 3.43. The van der Waals surface area contributed by atoms with E-state index in [2.05, 4.69) is 15.2 Å². The Labute approximate surface area is 166 Å². The summed E-state index contributed by atoms with van der Waals surface area (Å²) in [4.78, 5) is 11.8. The van der Waals surface area contributed by atoms with Crippen molar-refractivity contribution < 1.29 is 4.74 Å². The maximum Gasteiger partial charge on any atom is 0.227 e. The molecule has 5 nitrogen and oxygen atoms in total. The third-order valence-corrected chi connectivity index (χ3v) is 4.85. The summed E-state index contributed by atoms with van der Waals surface area (Å²) in [5.41, 5.74) is 1.84. The van der Waals surface area contributed by atoms with Gasteiger partial charge in [0.25, 0.3) is 0 Å². The first kappa shape index (κ1) is 18.3. The molecule has 28 heavy (non-hydrogen) atoms. The monoisotopic (exact) mass is 374 g/mol. The Morgan fingerprint density at radius 3 is 2.36 bits per heavy atom. The Balaban J connectivity index is 1.57. The van der Waals surface area contributed by atoms with Crippen molar-refractivity contribution >= 4 is 17.5 Å². The first-order valence-electron chi connectivity index (χ1n) is 9.97. The van der Waals surface area contributed by atoms with Crippen molar-refractivity contribution in [1.29, 1.82) is 0 Å². The van der Waals surface area contributed by atoms with Crippen LogP contribution >= 0.6 is 0 Å². The van der Waals surface area contributed by atoms with Crippen LogP contribution < -0.4 is 15.0 Å². The van der Waals surface area contributed by atoms with Crippen LogP contribution in [-0.4, -0.2) is 23.1 Å². The number of ether oxygens (including phenoxy) is 1. The van der Waals surface area contributed by atoms with Crippen LogP contribution in [0, 0.1) is 6.92 Å². The van der Waals surface area contributed by atoms with Gasteiger partial charge in [0.05, 0.1) is 5.69 Å². The standard InChI is InChI=1S/C23H26N4O/c1-18-17-22(26-23(24-18)27-15-9-2-3-10-16-27)25-20-13-7-8-14-21(20)28-19-11-5-4-6-12-19/h4-8,11-14,17H,2-3,9-10,15-16H2,1H3,(H,24,25,26). The molecular formula is C23H26N4O. The molecule has 144 valence electrons. The molecule has 0 bridgehead atoms. The Kier molecular flexibility index (Phi) is 5.71. The second-order valence-electron chi connectivity index (χ2n) is 7.13. The van der Waals surface area contributed by atoms with Crippen molar-refractivity contribution in [3.8, 4) is 11.5 Å². The van der Waals surface area contributed by atoms with Crippen LogP contribution in [0.25, 0.3) is 0 Å². The minimum Gasteiger partial charge on any atom is -0.455 e. The lowest BCUT2D eigenvalue weighted by Gasteiger charge is -2.21. The van der Waals surface area contributed by atoms with Crippen molar-refractivity contribution in [2.75, 3.05) is 23.3 Å². The number of nitrogens with one attached hydrogen (secondary N) is 1. The molecule has 0 aliphatic carbocycles. The van der Waals surface area contributed by atoms with Gasteiger partial charge in [0.15, 0.2) is 5.75 Å². The van der Waals surface area contributed by atoms with Crippen LogP contribution in [0.4, 0.5) is 17.5 Å². The van der Waals surface area contributed by atoms with Crippen molar-refractivity contribution in [2.45, 2.75) is 32.6 Å². The molecule has 0 saturated carbocycles. The van der Waals surface area contributed by atoms with Crippen LogP contribution in [0.5, 0.6) is 11.5 Å². The van der Waals surface area contributed by atoms with Gasteiger partial charge < -0.3 is 15.0 Å². The highest BCUT2D eigenvalue weighted by Gasteiger charge is 2.14. The molecule has 4 rings (SSSR count). The topological polar surface area (TPSA) is 50.3 Å². The van der Waals surface area contributed by atoms with Crippen LogP contribution in [-0.2, 0) is 0 Å². The van der Waals surface area contributed by atoms with Crippen LogP contribution in [0.2, 0.25) is 0 Å². The smallest absolute Gasteiger partial charge is 0.227 e. The molecule has 2 aromatic carbocycles. The van der Waals surface area contributed by atoms with Crippen molar-refractivity contribution in [2.24, 2.45) is 0 Å². The fourth-order valence-corrected chi connectivity index (χ4v) is 3.44. The van der Waals surface area contributed by atoms with Gasteiger partial charge >= 0.3 is 0 Å². The molecule has 1 aliphatic heterocycles. The molecule has 5 heteroatoms. The van der Waals surface area contributed by atoms with E-state index >= 15 is 0 Å². The molecule has 1 aliphatic rings. The number of benzene rings is 2. The first-order valence-corrected chi connectivity index (χ1v) is 9.97. The predicted octanol–water partition coefficient (Wildman–Crippen LogP) is 5.70. The minimum absolute atomic E-state index is 0.765. The largest absolute Gasteiger partial charge is 0.455 e. The summed E-state index contributed by atoms with van der Waals surface area (Å²) in [7, 11) is 0. The van der Waals surface area contributed by atoms with Crippen molar-refractivity contribution in [3.05, 3.63) is 66.4 Å². The summed E-state index contributed by atoms with van der Waals surface area (Å²) in [5.74, 6) is 3.17. The Hall–Kier alpha value is -3.08. The van der Waals surface area contributed by atoms with E-state index in [0.717, 1.165) is 47.7 Å². The lowest BCUT2D eigenvalue weighted by Crippen LogP contribution is -2.26. The molecule has 2 heterocycles. The number of nitrogens with zero attached hydrogens (tertiary/aromatic N) is 3. The van der Waals surface area contributed by atoms with E-state index < -0.39 is 0 Å². The normalized spacial score (nSPS) is 14.4. The lowest BCUT2D eigenvalue weighted by molar-refractivity contribution is 0.485. The summed E-state index contributed by atoms with van der Waals surface area (Å²) in [6.45, 7) is 4.06. The average molecular weight is 374 g/mol. The maximum absolute atomic E-state index is 6.06. The molecule has 3 aromatic rings. The number of rotatable bonds is 5. The highest BCUT2D eigenvalue weighted by atomic mass is 16.5. The highest BCUT2D eigenvalue weighted by Crippen LogP contribution is 2.31. The second kappa shape index (κ2) is 8.74. The third-order valence-electron chi connectivity index (χ3n) is 4.85. The van der Waals surface area contributed by atoms with E-state index in [1.807, 2.05) is 67.6 Å². The Morgan fingerprint density at radius 2 is 1.57 bits per heavy atom. The van der Waals surface area contributed by atoms with E-state index in [1.54, 1.807) is 0 Å². The van der Waals surface area contributed by atoms with Crippen molar-refractivity contribution in [3.63, 3.8) is 0 Å². The number of aromatic nitrogens is 2. The summed E-state index contributed by atoms with van der Waals surface area (Å²) >= 11 is 0. The Morgan fingerprint density at radius 1 is 0.857 bits per heavy atom. The SMILES string of the molecule is Cc1cc(Nc2ccccc2Oc2ccccc2)nc(N2CCCCCC2)n1. The molecule has 1 saturated heterocycles. The number of para-hydroxylation sites is 3. The second-order valence-corrected chi connectivity index (χ2v) is 7.13. The molecule has 1 N–H and O–H groups in total. The zero-order chi connectivity index (χ0) is 19.2. The summed E-state index contributed by atoms with van der Waals surface area (Å²) < 4.78 is 6.06. The molecular weight excluding hydrogens is 348 g/mol. The van der Waals surface area contributed by atoms with Gasteiger partial charge in [-0.15, -0.1) is 0 Å². The molecule has 1 aromatic heterocycles. The van der Waals surface area contributed by atoms with Gasteiger partial charge in [0.2, 0.25) is 5.95 Å². The highest BCUT2D eigenvalue weighted by molar-refractivity contribution is 5.65. The Bertz CT molecular complexity index is 905. The number of hydrogen-bond acceptors (Lipinski definition) is 5. The van der Waals surface area contributed by atoms with Crippen molar-refractivity contribution in [1.82, 2.24) is 9.97 Å². The predicted molar refractivity (Wildman–Crippen MR) is 114 cm³/mol. The molecule has 0 atom stereocenters. The van der Waals surface area contributed by atoms with Gasteiger partial charge in [0.1, 0.15) is 11.6 Å². The van der Waals surface area contributed by atoms with E-state index in [-0.39, 0.29) is 0 Å². The van der Waals surface area contributed by atoms with Crippen LogP contribution in [0.3, 0.4) is 0 Å². The van der Waals surface area contributed by atoms with E-state index in [1.165, 1.54) is 25.7 Å². The summed E-state index contributed by atoms with van der Waals surface area (Å²) in [6.07, 6.45) is 4.98. The lowest BCUT2D eigenvalue weighted by atomic mass is 10.2. The molecule has 0 spiro atoms. The molecule has 0 unspecified atom stereocenters. The minimum atomic E-state index is 0.765. The van der Waals surface area contributed by atoms with Gasteiger partial charge in [-0.2, -0.15) is 4.98 Å². The van der Waals surface area contributed by atoms with E-state index in [4.69, 9.17) is 9.72 Å². The number of anilines is 3. The zero-order valence-corrected chi connectivity index (χ0v) is 16.3. The van der Waals surface area contributed by atoms with Crippen LogP contribution in [0.15, 0.2) is 60.7 Å². The van der Waals surface area contributed by atoms with E-state index in [9.17, 15) is 0 Å². The maximum atomic E-state index is 6.06.